The maximum Gasteiger partial charge on any atom is 0.356 e. The monoisotopic (exact) mass is 301 g/mol. The number of hydrogen-bond donors (Lipinski definition) is 1. The summed E-state index contributed by atoms with van der Waals surface area (Å²) < 4.78 is 6.56. The van der Waals surface area contributed by atoms with Crippen molar-refractivity contribution in [3.63, 3.8) is 0 Å². The van der Waals surface area contributed by atoms with Crippen LogP contribution in [-0.4, -0.2) is 38.7 Å². The first-order valence-electron chi connectivity index (χ1n) is 6.96. The summed E-state index contributed by atoms with van der Waals surface area (Å²) >= 11 is 0. The van der Waals surface area contributed by atoms with E-state index in [4.69, 9.17) is 4.74 Å². The van der Waals surface area contributed by atoms with Gasteiger partial charge in [-0.3, -0.25) is 4.98 Å². The predicted octanol–water partition coefficient (Wildman–Crippen LogP) is 1.69. The molecule has 2 aromatic rings. The summed E-state index contributed by atoms with van der Waals surface area (Å²) in [6.07, 6.45) is 5.11. The van der Waals surface area contributed by atoms with Gasteiger partial charge < -0.3 is 14.4 Å². The first kappa shape index (κ1) is 14.2. The normalized spacial score (nSPS) is 16.9. The Balaban J connectivity index is 2.22. The number of hydrogen-bond acceptors (Lipinski definition) is 5. The van der Waals surface area contributed by atoms with E-state index < -0.39 is 12.0 Å². The molecule has 1 atom stereocenters. The summed E-state index contributed by atoms with van der Waals surface area (Å²) in [6.45, 7) is 0. The quantitative estimate of drug-likeness (QED) is 0.867. The van der Waals surface area contributed by atoms with Gasteiger partial charge in [-0.15, -0.1) is 0 Å². The molecule has 1 unspecified atom stereocenters. The van der Waals surface area contributed by atoms with Crippen LogP contribution in [0.3, 0.4) is 0 Å². The van der Waals surface area contributed by atoms with Crippen LogP contribution in [0.15, 0.2) is 24.5 Å². The summed E-state index contributed by atoms with van der Waals surface area (Å²) in [5, 5.41) is 9.38. The Labute approximate surface area is 126 Å². The van der Waals surface area contributed by atoms with Gasteiger partial charge in [0.2, 0.25) is 0 Å². The maximum atomic E-state index is 12.1. The van der Waals surface area contributed by atoms with Gasteiger partial charge in [-0.05, 0) is 31.4 Å². The average Bonchev–Trinajstić information content (AvgIpc) is 2.95. The van der Waals surface area contributed by atoms with Gasteiger partial charge in [0.25, 0.3) is 0 Å². The highest BCUT2D eigenvalue weighted by molar-refractivity contribution is 5.88. The van der Waals surface area contributed by atoms with Crippen molar-refractivity contribution in [1.29, 1.82) is 0 Å². The topological polar surface area (TPSA) is 94.3 Å². The number of carbonyl (C=O) groups is 2. The van der Waals surface area contributed by atoms with Crippen molar-refractivity contribution < 1.29 is 19.4 Å². The molecule has 0 saturated carbocycles. The lowest BCUT2D eigenvalue weighted by Crippen LogP contribution is -2.27. The van der Waals surface area contributed by atoms with Crippen LogP contribution in [0.2, 0.25) is 0 Å². The van der Waals surface area contributed by atoms with Gasteiger partial charge in [0, 0.05) is 18.0 Å². The number of aromatic nitrogens is 3. The van der Waals surface area contributed by atoms with E-state index in [1.165, 1.54) is 7.11 Å². The highest BCUT2D eigenvalue weighted by Crippen LogP contribution is 2.34. The van der Waals surface area contributed by atoms with Crippen LogP contribution in [0.4, 0.5) is 0 Å². The lowest BCUT2D eigenvalue weighted by Gasteiger charge is -2.25. The molecule has 114 valence electrons. The molecule has 22 heavy (non-hydrogen) atoms. The molecule has 0 fully saturated rings. The molecule has 7 nitrogen and oxygen atoms in total. The molecule has 3 rings (SSSR count). The Morgan fingerprint density at radius 1 is 1.36 bits per heavy atom. The molecular formula is C15H15N3O4. The van der Waals surface area contributed by atoms with Crippen LogP contribution in [0.1, 0.15) is 35.1 Å². The zero-order valence-corrected chi connectivity index (χ0v) is 12.0. The van der Waals surface area contributed by atoms with E-state index in [9.17, 15) is 14.7 Å². The highest BCUT2D eigenvalue weighted by atomic mass is 16.5. The van der Waals surface area contributed by atoms with Crippen molar-refractivity contribution in [3.8, 4) is 11.4 Å². The van der Waals surface area contributed by atoms with Gasteiger partial charge in [-0.25, -0.2) is 14.6 Å². The minimum absolute atomic E-state index is 0.000385. The van der Waals surface area contributed by atoms with Gasteiger partial charge >= 0.3 is 11.9 Å². The maximum absolute atomic E-state index is 12.1. The van der Waals surface area contributed by atoms with Gasteiger partial charge in [0.1, 0.15) is 11.9 Å². The van der Waals surface area contributed by atoms with E-state index in [1.807, 2.05) is 0 Å². The summed E-state index contributed by atoms with van der Waals surface area (Å²) in [5.41, 5.74) is 1.29. The van der Waals surface area contributed by atoms with E-state index in [0.717, 1.165) is 12.0 Å². The molecule has 0 spiro atoms. The van der Waals surface area contributed by atoms with Crippen LogP contribution in [0, 0.1) is 0 Å². The second-order valence-electron chi connectivity index (χ2n) is 5.07. The van der Waals surface area contributed by atoms with Gasteiger partial charge in [-0.1, -0.05) is 0 Å². The van der Waals surface area contributed by atoms with Crippen LogP contribution in [0.25, 0.3) is 11.4 Å². The average molecular weight is 301 g/mol. The molecule has 0 aliphatic carbocycles. The molecule has 3 heterocycles. The standard InChI is InChI=1S/C15H15N3O4/c1-22-15(21)11-4-2-3-10-12(14(19)20)17-13(18(10)11)9-5-7-16-8-6-9/h5-8,11H,2-4H2,1H3,(H,19,20). The minimum Gasteiger partial charge on any atom is -0.476 e. The number of carbonyl (C=O) groups excluding carboxylic acids is 1. The van der Waals surface area contributed by atoms with Gasteiger partial charge in [0.05, 0.1) is 12.8 Å². The number of pyridine rings is 1. The molecular weight excluding hydrogens is 286 g/mol. The van der Waals surface area contributed by atoms with Crippen molar-refractivity contribution in [3.05, 3.63) is 35.9 Å². The van der Waals surface area contributed by atoms with Crippen molar-refractivity contribution in [1.82, 2.24) is 14.5 Å². The molecule has 7 heteroatoms. The predicted molar refractivity (Wildman–Crippen MR) is 76.4 cm³/mol. The van der Waals surface area contributed by atoms with Gasteiger partial charge in [-0.2, -0.15) is 0 Å². The van der Waals surface area contributed by atoms with Crippen LogP contribution >= 0.6 is 0 Å². The Kier molecular flexibility index (Phi) is 3.62. The number of aromatic carboxylic acids is 1. The number of carboxylic acids is 1. The van der Waals surface area contributed by atoms with E-state index >= 15 is 0 Å². The molecule has 1 N–H and O–H groups in total. The first-order chi connectivity index (χ1) is 10.6. The molecule has 1 aliphatic heterocycles. The summed E-state index contributed by atoms with van der Waals surface area (Å²) in [6, 6.07) is 2.94. The largest absolute Gasteiger partial charge is 0.476 e. The van der Waals surface area contributed by atoms with E-state index in [0.29, 0.717) is 24.4 Å². The summed E-state index contributed by atoms with van der Waals surface area (Å²) in [7, 11) is 1.33. The SMILES string of the molecule is COC(=O)C1CCCc2c(C(=O)O)nc(-c3ccncc3)n21. The Hall–Kier alpha value is -2.70. The molecule has 0 radical (unpaired) electrons. The highest BCUT2D eigenvalue weighted by Gasteiger charge is 2.34. The molecule has 2 aromatic heterocycles. The van der Waals surface area contributed by atoms with Crippen LogP contribution in [-0.2, 0) is 16.0 Å². The minimum atomic E-state index is -1.09. The zero-order chi connectivity index (χ0) is 15.7. The lowest BCUT2D eigenvalue weighted by molar-refractivity contribution is -0.145. The summed E-state index contributed by atoms with van der Waals surface area (Å²) in [5.74, 6) is -1.01. The number of methoxy groups -OCH3 is 1. The number of fused-ring (bicyclic) bond motifs is 1. The lowest BCUT2D eigenvalue weighted by atomic mass is 10.0. The van der Waals surface area contributed by atoms with Crippen molar-refractivity contribution >= 4 is 11.9 Å². The number of nitrogens with zero attached hydrogens (tertiary/aromatic N) is 3. The van der Waals surface area contributed by atoms with Crippen molar-refractivity contribution in [2.75, 3.05) is 7.11 Å². The zero-order valence-electron chi connectivity index (χ0n) is 12.0. The van der Waals surface area contributed by atoms with E-state index in [2.05, 4.69) is 9.97 Å². The van der Waals surface area contributed by atoms with Crippen molar-refractivity contribution in [2.24, 2.45) is 0 Å². The third-order valence-corrected chi connectivity index (χ3v) is 3.83. The van der Waals surface area contributed by atoms with Gasteiger partial charge in [0.15, 0.2) is 5.69 Å². The Bertz CT molecular complexity index is 724. The third kappa shape index (κ3) is 2.24. The molecule has 0 aromatic carbocycles. The first-order valence-corrected chi connectivity index (χ1v) is 6.96. The molecule has 1 aliphatic rings. The van der Waals surface area contributed by atoms with Crippen LogP contribution < -0.4 is 0 Å². The smallest absolute Gasteiger partial charge is 0.356 e. The van der Waals surface area contributed by atoms with Crippen LogP contribution in [0.5, 0.6) is 0 Å². The molecule has 0 saturated heterocycles. The number of carboxylic acid groups (broad SMARTS) is 1. The fourth-order valence-electron chi connectivity index (χ4n) is 2.87. The van der Waals surface area contributed by atoms with E-state index in [-0.39, 0.29) is 11.7 Å². The number of imidazole rings is 1. The van der Waals surface area contributed by atoms with E-state index in [1.54, 1.807) is 29.1 Å². The second kappa shape index (κ2) is 5.59. The molecule has 0 bridgehead atoms. The Morgan fingerprint density at radius 2 is 2.09 bits per heavy atom. The Morgan fingerprint density at radius 3 is 2.73 bits per heavy atom. The fraction of sp³-hybridized carbons (Fsp3) is 0.333. The fourth-order valence-corrected chi connectivity index (χ4v) is 2.87. The second-order valence-corrected chi connectivity index (χ2v) is 5.07. The number of ether oxygens (including phenoxy) is 1. The number of esters is 1. The van der Waals surface area contributed by atoms with Crippen molar-refractivity contribution in [2.45, 2.75) is 25.3 Å². The summed E-state index contributed by atoms with van der Waals surface area (Å²) in [4.78, 5) is 31.7. The third-order valence-electron chi connectivity index (χ3n) is 3.83. The molecule has 0 amide bonds. The number of rotatable bonds is 3.